The fraction of sp³-hybridized carbons (Fsp3) is 0.474. The Balaban J connectivity index is 0.000000320. The van der Waals surface area contributed by atoms with E-state index in [1.54, 1.807) is 44.1 Å². The van der Waals surface area contributed by atoms with Gasteiger partial charge in [0, 0.05) is 25.6 Å². The Morgan fingerprint density at radius 3 is 2.26 bits per heavy atom. The van der Waals surface area contributed by atoms with Crippen LogP contribution < -0.4 is 32.7 Å². The van der Waals surface area contributed by atoms with Crippen LogP contribution in [0.2, 0.25) is 0 Å². The van der Waals surface area contributed by atoms with E-state index in [-0.39, 0.29) is 48.1 Å². The number of benzene rings is 2. The van der Waals surface area contributed by atoms with Crippen molar-refractivity contribution in [3.8, 4) is 0 Å². The van der Waals surface area contributed by atoms with Crippen LogP contribution in [0.3, 0.4) is 0 Å². The van der Waals surface area contributed by atoms with E-state index in [0.717, 1.165) is 11.1 Å². The Morgan fingerprint density at radius 2 is 1.70 bits per heavy atom. The molecule has 3 atom stereocenters. The van der Waals surface area contributed by atoms with Gasteiger partial charge in [0.2, 0.25) is 23.6 Å². The zero-order valence-corrected chi connectivity index (χ0v) is 31.1. The van der Waals surface area contributed by atoms with E-state index in [4.69, 9.17) is 21.3 Å². The largest absolute Gasteiger partial charge is 0.481 e. The van der Waals surface area contributed by atoms with E-state index < -0.39 is 24.0 Å². The molecule has 15 nitrogen and oxygen atoms in total. The predicted octanol–water partition coefficient (Wildman–Crippen LogP) is 2.50. The van der Waals surface area contributed by atoms with Crippen LogP contribution in [-0.4, -0.2) is 82.9 Å². The molecule has 1 aliphatic carbocycles. The molecule has 0 spiro atoms. The molecule has 3 aromatic rings. The summed E-state index contributed by atoms with van der Waals surface area (Å²) in [4.78, 5) is 55.3. The van der Waals surface area contributed by atoms with Gasteiger partial charge in [-0.25, -0.2) is 9.37 Å². The summed E-state index contributed by atoms with van der Waals surface area (Å²) in [6.07, 6.45) is 4.87. The SMILES string of the molecule is CNCC(=O)N[C@@H](Cc1ccc(F)cc1)c1ncc(C)o1.C[C@H](N)C(=O)N(C1CCC(C(=O)O)CC1)[C@@H](CCCNC(=N)N)C(=O)NCc1ccccc1. The van der Waals surface area contributed by atoms with Crippen molar-refractivity contribution in [1.82, 2.24) is 31.2 Å². The summed E-state index contributed by atoms with van der Waals surface area (Å²) in [5.74, 6) is -1.34. The molecule has 16 heteroatoms. The van der Waals surface area contributed by atoms with Crippen LogP contribution in [0.5, 0.6) is 0 Å². The zero-order valence-electron chi connectivity index (χ0n) is 31.1. The Bertz CT molecular complexity index is 1650. The number of aromatic nitrogens is 1. The topological polar surface area (TPSA) is 242 Å². The smallest absolute Gasteiger partial charge is 0.306 e. The highest BCUT2D eigenvalue weighted by atomic mass is 19.1. The Hall–Kier alpha value is -5.35. The Labute approximate surface area is 315 Å². The van der Waals surface area contributed by atoms with Crippen LogP contribution in [0, 0.1) is 24.1 Å². The van der Waals surface area contributed by atoms with E-state index in [2.05, 4.69) is 26.3 Å². The molecule has 0 unspecified atom stereocenters. The predicted molar refractivity (Wildman–Crippen MR) is 201 cm³/mol. The summed E-state index contributed by atoms with van der Waals surface area (Å²) in [6, 6.07) is 13.4. The number of hydrogen-bond donors (Lipinski definition) is 8. The minimum atomic E-state index is -0.828. The highest BCUT2D eigenvalue weighted by molar-refractivity contribution is 5.90. The molecule has 1 aliphatic rings. The van der Waals surface area contributed by atoms with E-state index in [1.165, 1.54) is 12.1 Å². The number of aryl methyl sites for hydroxylation is 1. The molecule has 54 heavy (non-hydrogen) atoms. The highest BCUT2D eigenvalue weighted by Crippen LogP contribution is 2.30. The van der Waals surface area contributed by atoms with Crippen LogP contribution in [-0.2, 0) is 32.1 Å². The van der Waals surface area contributed by atoms with Crippen LogP contribution >= 0.6 is 0 Å². The first-order valence-electron chi connectivity index (χ1n) is 18.1. The average Bonchev–Trinajstić information content (AvgIpc) is 3.59. The molecule has 1 fully saturated rings. The molecule has 10 N–H and O–H groups in total. The highest BCUT2D eigenvalue weighted by Gasteiger charge is 2.38. The van der Waals surface area contributed by atoms with Crippen molar-refractivity contribution < 1.29 is 33.1 Å². The third-order valence-electron chi connectivity index (χ3n) is 8.96. The first-order chi connectivity index (χ1) is 25.8. The lowest BCUT2D eigenvalue weighted by Gasteiger charge is -2.41. The maximum absolute atomic E-state index is 13.3. The summed E-state index contributed by atoms with van der Waals surface area (Å²) < 4.78 is 18.5. The average molecular weight is 752 g/mol. The number of carbonyl (C=O) groups excluding carboxylic acids is 3. The van der Waals surface area contributed by atoms with E-state index in [0.29, 0.717) is 69.7 Å². The van der Waals surface area contributed by atoms with Crippen molar-refractivity contribution in [3.05, 3.63) is 89.4 Å². The number of hydrogen-bond acceptors (Lipinski definition) is 9. The van der Waals surface area contributed by atoms with Crippen molar-refractivity contribution in [2.75, 3.05) is 20.1 Å². The molecule has 0 bridgehead atoms. The number of carbonyl (C=O) groups is 4. The molecule has 1 saturated carbocycles. The summed E-state index contributed by atoms with van der Waals surface area (Å²) in [5.41, 5.74) is 13.1. The number of aliphatic carboxylic acids is 1. The molecular weight excluding hydrogens is 697 g/mol. The summed E-state index contributed by atoms with van der Waals surface area (Å²) in [7, 11) is 1.70. The number of carboxylic acid groups (broad SMARTS) is 1. The number of amides is 3. The van der Waals surface area contributed by atoms with Crippen molar-refractivity contribution in [3.63, 3.8) is 0 Å². The lowest BCUT2D eigenvalue weighted by atomic mass is 9.84. The summed E-state index contributed by atoms with van der Waals surface area (Å²) in [6.45, 7) is 4.31. The monoisotopic (exact) mass is 751 g/mol. The number of nitrogens with two attached hydrogens (primary N) is 2. The molecule has 0 radical (unpaired) electrons. The molecule has 3 amide bonds. The fourth-order valence-corrected chi connectivity index (χ4v) is 6.24. The van der Waals surface area contributed by atoms with Gasteiger partial charge in [0.15, 0.2) is 5.96 Å². The quantitative estimate of drug-likeness (QED) is 0.0566. The van der Waals surface area contributed by atoms with Gasteiger partial charge in [-0.15, -0.1) is 0 Å². The maximum atomic E-state index is 13.3. The minimum Gasteiger partial charge on any atom is -0.481 e. The van der Waals surface area contributed by atoms with Gasteiger partial charge < -0.3 is 47.2 Å². The molecule has 1 aromatic heterocycles. The number of oxazole rings is 1. The Kier molecular flexibility index (Phi) is 17.5. The molecule has 4 rings (SSSR count). The number of carboxylic acids is 1. The van der Waals surface area contributed by atoms with Crippen LogP contribution in [0.1, 0.15) is 74.3 Å². The van der Waals surface area contributed by atoms with Gasteiger partial charge in [-0.3, -0.25) is 24.6 Å². The van der Waals surface area contributed by atoms with Gasteiger partial charge in [0.05, 0.1) is 24.7 Å². The lowest BCUT2D eigenvalue weighted by Crippen LogP contribution is -2.58. The number of halogens is 1. The summed E-state index contributed by atoms with van der Waals surface area (Å²) >= 11 is 0. The van der Waals surface area contributed by atoms with Gasteiger partial charge in [0.25, 0.3) is 0 Å². The van der Waals surface area contributed by atoms with E-state index in [9.17, 15) is 28.7 Å². The second kappa shape index (κ2) is 22.0. The maximum Gasteiger partial charge on any atom is 0.306 e. The van der Waals surface area contributed by atoms with Crippen molar-refractivity contribution >= 4 is 29.7 Å². The van der Waals surface area contributed by atoms with Crippen molar-refractivity contribution in [2.45, 2.75) is 89.5 Å². The van der Waals surface area contributed by atoms with Gasteiger partial charge >= 0.3 is 5.97 Å². The van der Waals surface area contributed by atoms with Gasteiger partial charge in [-0.1, -0.05) is 42.5 Å². The first-order valence-corrected chi connectivity index (χ1v) is 18.1. The molecular formula is C38H54FN9O6. The molecule has 294 valence electrons. The number of nitrogens with one attached hydrogen (secondary N) is 5. The third kappa shape index (κ3) is 14.2. The summed E-state index contributed by atoms with van der Waals surface area (Å²) in [5, 5.41) is 27.9. The van der Waals surface area contributed by atoms with Crippen LogP contribution in [0.25, 0.3) is 0 Å². The number of likely N-dealkylation sites (N-methyl/N-ethyl adjacent to an activating group) is 1. The second-order valence-corrected chi connectivity index (χ2v) is 13.4. The van der Waals surface area contributed by atoms with Crippen LogP contribution in [0.4, 0.5) is 4.39 Å². The zero-order chi connectivity index (χ0) is 39.6. The third-order valence-corrected chi connectivity index (χ3v) is 8.96. The molecule has 2 aromatic carbocycles. The van der Waals surface area contributed by atoms with Crippen molar-refractivity contribution in [1.29, 1.82) is 5.41 Å². The second-order valence-electron chi connectivity index (χ2n) is 13.4. The fourth-order valence-electron chi connectivity index (χ4n) is 6.24. The first kappa shape index (κ1) is 43.1. The molecule has 1 heterocycles. The number of nitrogens with zero attached hydrogens (tertiary/aromatic N) is 2. The van der Waals surface area contributed by atoms with E-state index in [1.807, 2.05) is 30.3 Å². The van der Waals surface area contributed by atoms with Crippen molar-refractivity contribution in [2.24, 2.45) is 17.4 Å². The Morgan fingerprint density at radius 1 is 1.04 bits per heavy atom. The van der Waals surface area contributed by atoms with Gasteiger partial charge in [-0.05, 0) is 82.7 Å². The molecule has 0 aliphatic heterocycles. The van der Waals surface area contributed by atoms with Crippen LogP contribution in [0.15, 0.2) is 65.2 Å². The lowest BCUT2D eigenvalue weighted by molar-refractivity contribution is -0.147. The van der Waals surface area contributed by atoms with Gasteiger partial charge in [0.1, 0.15) is 23.7 Å². The number of rotatable bonds is 17. The van der Waals surface area contributed by atoms with Gasteiger partial charge in [-0.2, -0.15) is 0 Å². The molecule has 0 saturated heterocycles. The number of guanidine groups is 1. The van der Waals surface area contributed by atoms with E-state index >= 15 is 0 Å². The standard InChI is InChI=1S/C23H36N6O4.C15H18FN3O2/c1-15(24)21(31)29(18-11-9-17(10-12-18)22(32)33)19(8-5-13-27-23(25)26)20(30)28-14-16-6-3-2-4-7-16;1-10-8-18-15(21-10)13(19-14(20)9-17-2)7-11-3-5-12(16)6-4-11/h2-4,6-7,15,17-19H,5,8-14,24H2,1H3,(H,28,30)(H,32,33)(H4,25,26,27);3-6,8,13,17H,7,9H2,1-2H3,(H,19,20)/t15-,17?,18?,19-;13-/m00/s1. The normalized spacial score (nSPS) is 16.8. The minimum absolute atomic E-state index is 0.152.